The predicted octanol–water partition coefficient (Wildman–Crippen LogP) is 2.90. The molecule has 1 saturated heterocycles. The third kappa shape index (κ3) is 3.00. The van der Waals surface area contributed by atoms with Crippen LogP contribution >= 0.6 is 0 Å². The molecule has 0 amide bonds. The second-order valence-electron chi connectivity index (χ2n) is 5.19. The zero-order valence-corrected chi connectivity index (χ0v) is 12.5. The van der Waals surface area contributed by atoms with Gasteiger partial charge in [0, 0.05) is 36.6 Å². The molecule has 0 spiro atoms. The van der Waals surface area contributed by atoms with Crippen molar-refractivity contribution in [2.24, 2.45) is 0 Å². The van der Waals surface area contributed by atoms with Gasteiger partial charge in [0.1, 0.15) is 0 Å². The Hall–Kier alpha value is -2.07. The van der Waals surface area contributed by atoms with Crippen LogP contribution in [0.4, 0.5) is 5.69 Å². The van der Waals surface area contributed by atoms with E-state index < -0.39 is 0 Å². The first-order chi connectivity index (χ1) is 10.3. The van der Waals surface area contributed by atoms with Crippen LogP contribution in [0.2, 0.25) is 0 Å². The number of nitrogens with zero attached hydrogens (tertiary/aromatic N) is 2. The average Bonchev–Trinajstić information content (AvgIpc) is 2.56. The fourth-order valence-electron chi connectivity index (χ4n) is 2.62. The lowest BCUT2D eigenvalue weighted by Gasteiger charge is -2.29. The van der Waals surface area contributed by atoms with Gasteiger partial charge in [-0.2, -0.15) is 0 Å². The lowest BCUT2D eigenvalue weighted by molar-refractivity contribution is 0.122. The lowest BCUT2D eigenvalue weighted by Crippen LogP contribution is -2.36. The van der Waals surface area contributed by atoms with E-state index in [1.807, 2.05) is 12.3 Å². The fourth-order valence-corrected chi connectivity index (χ4v) is 2.62. The molecular weight excluding hydrogens is 264 g/mol. The molecule has 0 radical (unpaired) electrons. The van der Waals surface area contributed by atoms with E-state index >= 15 is 0 Å². The minimum Gasteiger partial charge on any atom is -0.481 e. The first kappa shape index (κ1) is 13.9. The molecule has 110 valence electrons. The minimum absolute atomic E-state index is 0.654. The zero-order chi connectivity index (χ0) is 14.7. The molecule has 3 rings (SSSR count). The van der Waals surface area contributed by atoms with Crippen molar-refractivity contribution >= 4 is 5.69 Å². The highest BCUT2D eigenvalue weighted by Gasteiger charge is 2.11. The Kier molecular flexibility index (Phi) is 4.06. The highest BCUT2D eigenvalue weighted by Crippen LogP contribution is 2.27. The second-order valence-corrected chi connectivity index (χ2v) is 5.19. The number of morpholine rings is 1. The lowest BCUT2D eigenvalue weighted by atomic mass is 10.0. The van der Waals surface area contributed by atoms with Crippen LogP contribution in [0.15, 0.2) is 36.5 Å². The van der Waals surface area contributed by atoms with Gasteiger partial charge < -0.3 is 14.4 Å². The number of rotatable bonds is 3. The van der Waals surface area contributed by atoms with Crippen molar-refractivity contribution in [2.45, 2.75) is 6.92 Å². The molecule has 1 aromatic heterocycles. The van der Waals surface area contributed by atoms with Gasteiger partial charge in [0.15, 0.2) is 0 Å². The van der Waals surface area contributed by atoms with Crippen LogP contribution < -0.4 is 9.64 Å². The Labute approximate surface area is 125 Å². The Bertz CT molecular complexity index is 605. The summed E-state index contributed by atoms with van der Waals surface area (Å²) >= 11 is 0. The van der Waals surface area contributed by atoms with Crippen LogP contribution in [0.25, 0.3) is 11.1 Å². The van der Waals surface area contributed by atoms with E-state index in [1.165, 1.54) is 16.8 Å². The second kappa shape index (κ2) is 6.14. The van der Waals surface area contributed by atoms with Gasteiger partial charge in [-0.3, -0.25) is 0 Å². The Balaban J connectivity index is 1.83. The van der Waals surface area contributed by atoms with Gasteiger partial charge in [-0.15, -0.1) is 0 Å². The molecule has 0 unspecified atom stereocenters. The smallest absolute Gasteiger partial charge is 0.213 e. The molecule has 1 fully saturated rings. The SMILES string of the molecule is COc1cc(C)c(-c2ccc(N3CCOCC3)cc2)cn1. The van der Waals surface area contributed by atoms with Crippen molar-refractivity contribution in [3.8, 4) is 17.0 Å². The third-order valence-electron chi connectivity index (χ3n) is 3.85. The van der Waals surface area contributed by atoms with Crippen molar-refractivity contribution in [2.75, 3.05) is 38.3 Å². The van der Waals surface area contributed by atoms with Gasteiger partial charge in [-0.25, -0.2) is 4.98 Å². The number of hydrogen-bond acceptors (Lipinski definition) is 4. The van der Waals surface area contributed by atoms with Crippen molar-refractivity contribution in [1.29, 1.82) is 0 Å². The summed E-state index contributed by atoms with van der Waals surface area (Å²) < 4.78 is 10.5. The van der Waals surface area contributed by atoms with Crippen LogP contribution in [0.5, 0.6) is 5.88 Å². The number of pyridine rings is 1. The van der Waals surface area contributed by atoms with E-state index in [4.69, 9.17) is 9.47 Å². The molecule has 4 heteroatoms. The van der Waals surface area contributed by atoms with E-state index in [0.29, 0.717) is 5.88 Å². The molecule has 0 bridgehead atoms. The number of aryl methyl sites for hydroxylation is 1. The summed E-state index contributed by atoms with van der Waals surface area (Å²) in [7, 11) is 1.64. The van der Waals surface area contributed by atoms with E-state index in [9.17, 15) is 0 Å². The Morgan fingerprint density at radius 3 is 2.48 bits per heavy atom. The summed E-state index contributed by atoms with van der Waals surface area (Å²) in [5.41, 5.74) is 4.74. The van der Waals surface area contributed by atoms with E-state index in [2.05, 4.69) is 41.1 Å². The topological polar surface area (TPSA) is 34.6 Å². The van der Waals surface area contributed by atoms with Crippen molar-refractivity contribution < 1.29 is 9.47 Å². The molecule has 21 heavy (non-hydrogen) atoms. The highest BCUT2D eigenvalue weighted by molar-refractivity contribution is 5.69. The summed E-state index contributed by atoms with van der Waals surface area (Å²) in [6.45, 7) is 5.62. The normalized spacial score (nSPS) is 15.0. The van der Waals surface area contributed by atoms with E-state index in [1.54, 1.807) is 7.11 Å². The van der Waals surface area contributed by atoms with Gasteiger partial charge in [0.05, 0.1) is 20.3 Å². The van der Waals surface area contributed by atoms with E-state index in [-0.39, 0.29) is 0 Å². The Morgan fingerprint density at radius 1 is 1.14 bits per heavy atom. The van der Waals surface area contributed by atoms with Gasteiger partial charge in [-0.1, -0.05) is 12.1 Å². The predicted molar refractivity (Wildman–Crippen MR) is 84.0 cm³/mol. The maximum absolute atomic E-state index is 5.39. The number of aromatic nitrogens is 1. The molecule has 1 aliphatic rings. The van der Waals surface area contributed by atoms with Crippen LogP contribution in [0, 0.1) is 6.92 Å². The van der Waals surface area contributed by atoms with Gasteiger partial charge in [0.25, 0.3) is 0 Å². The standard InChI is InChI=1S/C17H20N2O2/c1-13-11-17(20-2)18-12-16(13)14-3-5-15(6-4-14)19-7-9-21-10-8-19/h3-6,11-12H,7-10H2,1-2H3. The maximum atomic E-state index is 5.39. The van der Waals surface area contributed by atoms with Crippen LogP contribution in [0.1, 0.15) is 5.56 Å². The molecule has 1 aliphatic heterocycles. The summed E-state index contributed by atoms with van der Waals surface area (Å²) in [5, 5.41) is 0. The summed E-state index contributed by atoms with van der Waals surface area (Å²) in [4.78, 5) is 6.65. The van der Waals surface area contributed by atoms with Crippen LogP contribution in [0.3, 0.4) is 0 Å². The maximum Gasteiger partial charge on any atom is 0.213 e. The summed E-state index contributed by atoms with van der Waals surface area (Å²) in [6.07, 6.45) is 1.87. The minimum atomic E-state index is 0.654. The van der Waals surface area contributed by atoms with Crippen molar-refractivity contribution in [3.63, 3.8) is 0 Å². The molecule has 0 N–H and O–H groups in total. The molecular formula is C17H20N2O2. The number of ether oxygens (including phenoxy) is 2. The fraction of sp³-hybridized carbons (Fsp3) is 0.353. The number of hydrogen-bond donors (Lipinski definition) is 0. The highest BCUT2D eigenvalue weighted by atomic mass is 16.5. The Morgan fingerprint density at radius 2 is 1.86 bits per heavy atom. The van der Waals surface area contributed by atoms with Crippen LogP contribution in [-0.4, -0.2) is 38.4 Å². The molecule has 2 aromatic rings. The number of benzene rings is 1. The summed E-state index contributed by atoms with van der Waals surface area (Å²) in [5.74, 6) is 0.654. The molecule has 0 atom stereocenters. The van der Waals surface area contributed by atoms with Gasteiger partial charge in [0.2, 0.25) is 5.88 Å². The van der Waals surface area contributed by atoms with Crippen molar-refractivity contribution in [3.05, 3.63) is 42.1 Å². The van der Waals surface area contributed by atoms with Gasteiger partial charge >= 0.3 is 0 Å². The molecule has 0 aliphatic carbocycles. The summed E-state index contributed by atoms with van der Waals surface area (Å²) in [6, 6.07) is 10.6. The molecule has 4 nitrogen and oxygen atoms in total. The average molecular weight is 284 g/mol. The monoisotopic (exact) mass is 284 g/mol. The van der Waals surface area contributed by atoms with Crippen molar-refractivity contribution in [1.82, 2.24) is 4.98 Å². The quantitative estimate of drug-likeness (QED) is 0.868. The largest absolute Gasteiger partial charge is 0.481 e. The van der Waals surface area contributed by atoms with Crippen LogP contribution in [-0.2, 0) is 4.74 Å². The number of anilines is 1. The zero-order valence-electron chi connectivity index (χ0n) is 12.5. The molecule has 0 saturated carbocycles. The van der Waals surface area contributed by atoms with E-state index in [0.717, 1.165) is 31.9 Å². The molecule has 2 heterocycles. The third-order valence-corrected chi connectivity index (χ3v) is 3.85. The molecule has 1 aromatic carbocycles. The van der Waals surface area contributed by atoms with Gasteiger partial charge in [-0.05, 0) is 30.2 Å². The number of methoxy groups -OCH3 is 1. The first-order valence-corrected chi connectivity index (χ1v) is 7.21. The first-order valence-electron chi connectivity index (χ1n) is 7.21.